The Balaban J connectivity index is 2.07. The molecule has 1 aliphatic carbocycles. The third-order valence-electron chi connectivity index (χ3n) is 4.77. The van der Waals surface area contributed by atoms with Gasteiger partial charge in [-0.25, -0.2) is 0 Å². The molecule has 1 aliphatic rings. The van der Waals surface area contributed by atoms with Crippen molar-refractivity contribution in [2.75, 3.05) is 13.6 Å². The number of hydrogen-bond acceptors (Lipinski definition) is 1. The summed E-state index contributed by atoms with van der Waals surface area (Å²) in [5.41, 5.74) is 1.32. The van der Waals surface area contributed by atoms with E-state index in [1.54, 1.807) is 0 Å². The molecule has 0 aliphatic heterocycles. The lowest BCUT2D eigenvalue weighted by atomic mass is 9.71. The molecule has 1 saturated carbocycles. The summed E-state index contributed by atoms with van der Waals surface area (Å²) in [4.78, 5) is 0. The highest BCUT2D eigenvalue weighted by Gasteiger charge is 2.29. The Hall–Kier alpha value is -0.240. The Morgan fingerprint density at radius 3 is 2.60 bits per heavy atom. The van der Waals surface area contributed by atoms with Crippen molar-refractivity contribution in [2.24, 2.45) is 17.8 Å². The lowest BCUT2D eigenvalue weighted by molar-refractivity contribution is 0.173. The first-order valence-corrected chi connectivity index (χ1v) is 8.48. The predicted octanol–water partition coefficient (Wildman–Crippen LogP) is 5.20. The van der Waals surface area contributed by atoms with E-state index >= 15 is 0 Å². The highest BCUT2D eigenvalue weighted by atomic mass is 35.5. The summed E-state index contributed by atoms with van der Waals surface area (Å²) in [5, 5.41) is 4.69. The largest absolute Gasteiger partial charge is 0.319 e. The minimum absolute atomic E-state index is 0.650. The number of halogens is 2. The van der Waals surface area contributed by atoms with Crippen LogP contribution in [0.25, 0.3) is 0 Å². The molecule has 3 unspecified atom stereocenters. The van der Waals surface area contributed by atoms with Gasteiger partial charge in [-0.3, -0.25) is 0 Å². The summed E-state index contributed by atoms with van der Waals surface area (Å²) >= 11 is 12.1. The molecule has 2 rings (SSSR count). The summed E-state index contributed by atoms with van der Waals surface area (Å²) < 4.78 is 0. The van der Waals surface area contributed by atoms with Crippen LogP contribution in [-0.2, 0) is 6.42 Å². The molecule has 1 nitrogen and oxygen atoms in total. The van der Waals surface area contributed by atoms with Crippen LogP contribution in [0.4, 0.5) is 0 Å². The molecule has 0 saturated heterocycles. The van der Waals surface area contributed by atoms with E-state index in [1.807, 2.05) is 12.1 Å². The third-order valence-corrected chi connectivity index (χ3v) is 5.51. The molecule has 112 valence electrons. The molecule has 0 radical (unpaired) electrons. The van der Waals surface area contributed by atoms with Crippen LogP contribution < -0.4 is 5.32 Å². The maximum absolute atomic E-state index is 6.14. The van der Waals surface area contributed by atoms with Crippen molar-refractivity contribution in [1.82, 2.24) is 5.32 Å². The van der Waals surface area contributed by atoms with Crippen molar-refractivity contribution >= 4 is 23.2 Å². The van der Waals surface area contributed by atoms with Crippen molar-refractivity contribution in [3.8, 4) is 0 Å². The van der Waals surface area contributed by atoms with Gasteiger partial charge in [0.2, 0.25) is 0 Å². The molecule has 0 amide bonds. The van der Waals surface area contributed by atoms with Gasteiger partial charge in [-0.15, -0.1) is 0 Å². The number of rotatable bonds is 5. The quantitative estimate of drug-likeness (QED) is 0.788. The molecule has 1 fully saturated rings. The number of hydrogen-bond donors (Lipinski definition) is 1. The van der Waals surface area contributed by atoms with E-state index in [2.05, 4.69) is 25.4 Å². The first-order valence-electron chi connectivity index (χ1n) is 7.72. The van der Waals surface area contributed by atoms with Gasteiger partial charge in [0.15, 0.2) is 0 Å². The van der Waals surface area contributed by atoms with E-state index in [1.165, 1.54) is 31.2 Å². The maximum Gasteiger partial charge on any atom is 0.0595 e. The summed E-state index contributed by atoms with van der Waals surface area (Å²) in [6, 6.07) is 6.09. The Kier molecular flexibility index (Phi) is 6.20. The van der Waals surface area contributed by atoms with E-state index in [-0.39, 0.29) is 0 Å². The van der Waals surface area contributed by atoms with E-state index in [9.17, 15) is 0 Å². The first-order chi connectivity index (χ1) is 9.63. The van der Waals surface area contributed by atoms with Crippen LogP contribution in [0.3, 0.4) is 0 Å². The lowest BCUT2D eigenvalue weighted by Crippen LogP contribution is -2.33. The second-order valence-electron chi connectivity index (χ2n) is 6.12. The zero-order chi connectivity index (χ0) is 14.5. The summed E-state index contributed by atoms with van der Waals surface area (Å²) in [5.74, 6) is 2.45. The molecule has 0 aromatic heterocycles. The lowest BCUT2D eigenvalue weighted by Gasteiger charge is -2.36. The molecule has 0 spiro atoms. The fourth-order valence-corrected chi connectivity index (χ4v) is 3.87. The van der Waals surface area contributed by atoms with Gasteiger partial charge in [0.05, 0.1) is 10.0 Å². The summed E-state index contributed by atoms with van der Waals surface area (Å²) in [7, 11) is 2.06. The second-order valence-corrected chi connectivity index (χ2v) is 6.93. The predicted molar refractivity (Wildman–Crippen MR) is 88.7 cm³/mol. The Morgan fingerprint density at radius 2 is 1.95 bits per heavy atom. The minimum atomic E-state index is 0.650. The van der Waals surface area contributed by atoms with E-state index in [0.717, 1.165) is 30.7 Å². The molecule has 1 aromatic carbocycles. The van der Waals surface area contributed by atoms with E-state index in [4.69, 9.17) is 23.2 Å². The van der Waals surface area contributed by atoms with Gasteiger partial charge in [-0.1, -0.05) is 49.0 Å². The van der Waals surface area contributed by atoms with Crippen LogP contribution in [0.2, 0.25) is 10.0 Å². The molecule has 1 N–H and O–H groups in total. The van der Waals surface area contributed by atoms with Gasteiger partial charge in [-0.05, 0) is 68.3 Å². The van der Waals surface area contributed by atoms with Crippen LogP contribution in [-0.4, -0.2) is 13.6 Å². The second kappa shape index (κ2) is 7.68. The van der Waals surface area contributed by atoms with Crippen molar-refractivity contribution in [1.29, 1.82) is 0 Å². The van der Waals surface area contributed by atoms with Crippen LogP contribution >= 0.6 is 23.2 Å². The molecule has 1 aromatic rings. The minimum Gasteiger partial charge on any atom is -0.319 e. The maximum atomic E-state index is 6.14. The fourth-order valence-electron chi connectivity index (χ4n) is 3.54. The van der Waals surface area contributed by atoms with Gasteiger partial charge in [0.25, 0.3) is 0 Å². The van der Waals surface area contributed by atoms with Crippen LogP contribution in [0.5, 0.6) is 0 Å². The highest BCUT2D eigenvalue weighted by molar-refractivity contribution is 6.42. The molecule has 0 heterocycles. The summed E-state index contributed by atoms with van der Waals surface area (Å²) in [6.45, 7) is 3.45. The van der Waals surface area contributed by atoms with E-state index < -0.39 is 0 Å². The Morgan fingerprint density at radius 1 is 1.15 bits per heavy atom. The van der Waals surface area contributed by atoms with Crippen LogP contribution in [0, 0.1) is 17.8 Å². The Labute approximate surface area is 133 Å². The van der Waals surface area contributed by atoms with Crippen LogP contribution in [0.15, 0.2) is 18.2 Å². The zero-order valence-electron chi connectivity index (χ0n) is 12.5. The average Bonchev–Trinajstić information content (AvgIpc) is 2.45. The Bertz CT molecular complexity index is 433. The van der Waals surface area contributed by atoms with Crippen molar-refractivity contribution in [3.05, 3.63) is 33.8 Å². The molecule has 20 heavy (non-hydrogen) atoms. The molecule has 3 heteroatoms. The van der Waals surface area contributed by atoms with Gasteiger partial charge < -0.3 is 5.32 Å². The monoisotopic (exact) mass is 313 g/mol. The van der Waals surface area contributed by atoms with Crippen molar-refractivity contribution in [2.45, 2.75) is 39.0 Å². The van der Waals surface area contributed by atoms with E-state index in [0.29, 0.717) is 10.0 Å². The van der Waals surface area contributed by atoms with Crippen molar-refractivity contribution < 1.29 is 0 Å². The normalized spacial score (nSPS) is 26.7. The number of nitrogens with one attached hydrogen (secondary N) is 1. The topological polar surface area (TPSA) is 12.0 Å². The molecular weight excluding hydrogens is 289 g/mol. The molecule has 3 atom stereocenters. The smallest absolute Gasteiger partial charge is 0.0595 e. The van der Waals surface area contributed by atoms with Gasteiger partial charge in [-0.2, -0.15) is 0 Å². The standard InChI is InChI=1S/C17H25Cl2N/c1-3-12-4-6-14(11-20-2)15(8-12)9-13-5-7-16(18)17(19)10-13/h5,7,10,12,14-15,20H,3-4,6,8-9,11H2,1-2H3. The highest BCUT2D eigenvalue weighted by Crippen LogP contribution is 2.37. The van der Waals surface area contributed by atoms with Gasteiger partial charge in [0.1, 0.15) is 0 Å². The number of benzene rings is 1. The molecular formula is C17H25Cl2N. The zero-order valence-corrected chi connectivity index (χ0v) is 14.0. The third kappa shape index (κ3) is 4.13. The van der Waals surface area contributed by atoms with Crippen LogP contribution in [0.1, 0.15) is 38.2 Å². The average molecular weight is 314 g/mol. The van der Waals surface area contributed by atoms with Crippen molar-refractivity contribution in [3.63, 3.8) is 0 Å². The SMILES string of the molecule is CCC1CCC(CNC)C(Cc2ccc(Cl)c(Cl)c2)C1. The first kappa shape index (κ1) is 16.1. The van der Waals surface area contributed by atoms with Gasteiger partial charge in [0, 0.05) is 0 Å². The van der Waals surface area contributed by atoms with Gasteiger partial charge >= 0.3 is 0 Å². The molecule has 0 bridgehead atoms. The summed E-state index contributed by atoms with van der Waals surface area (Å²) in [6.07, 6.45) is 6.53. The fraction of sp³-hybridized carbons (Fsp3) is 0.647.